The number of fused-ring (bicyclic) bond motifs is 1. The molecule has 2 aliphatic rings. The van der Waals surface area contributed by atoms with Gasteiger partial charge in [0.05, 0.1) is 12.5 Å². The average molecular weight is 169 g/mol. The third-order valence-electron chi connectivity index (χ3n) is 3.18. The van der Waals surface area contributed by atoms with Crippen LogP contribution in [0.1, 0.15) is 19.8 Å². The fourth-order valence-electron chi connectivity index (χ4n) is 2.24. The number of piperidine rings is 1. The zero-order valence-corrected chi connectivity index (χ0v) is 7.43. The molecule has 2 unspecified atom stereocenters. The Morgan fingerprint density at radius 1 is 1.67 bits per heavy atom. The number of ether oxygens (including phenoxy) is 1. The van der Waals surface area contributed by atoms with Crippen molar-refractivity contribution in [1.29, 1.82) is 0 Å². The zero-order valence-electron chi connectivity index (χ0n) is 7.43. The normalized spacial score (nSPS) is 41.8. The molecule has 0 aromatic rings. The summed E-state index contributed by atoms with van der Waals surface area (Å²) in [5.41, 5.74) is 0.160. The van der Waals surface area contributed by atoms with E-state index in [1.54, 1.807) is 0 Å². The SMILES string of the molecule is CC12CCOC(=O)C1CCNC2. The molecule has 3 heteroatoms. The molecule has 0 aromatic carbocycles. The Bertz CT molecular complexity index is 201. The lowest BCUT2D eigenvalue weighted by molar-refractivity contribution is -0.164. The summed E-state index contributed by atoms with van der Waals surface area (Å²) in [5.74, 6) is 0.165. The lowest BCUT2D eigenvalue weighted by Crippen LogP contribution is -2.51. The highest BCUT2D eigenvalue weighted by Crippen LogP contribution is 2.39. The minimum absolute atomic E-state index is 0.0188. The topological polar surface area (TPSA) is 38.3 Å². The van der Waals surface area contributed by atoms with Crippen molar-refractivity contribution in [1.82, 2.24) is 5.32 Å². The molecular formula is C9H15NO2. The summed E-state index contributed by atoms with van der Waals surface area (Å²) in [6.45, 7) is 4.71. The Morgan fingerprint density at radius 2 is 2.50 bits per heavy atom. The van der Waals surface area contributed by atoms with Crippen LogP contribution in [0.4, 0.5) is 0 Å². The third-order valence-corrected chi connectivity index (χ3v) is 3.18. The maximum absolute atomic E-state index is 11.4. The highest BCUT2D eigenvalue weighted by molar-refractivity contribution is 5.74. The Labute approximate surface area is 72.5 Å². The van der Waals surface area contributed by atoms with E-state index in [2.05, 4.69) is 12.2 Å². The summed E-state index contributed by atoms with van der Waals surface area (Å²) in [4.78, 5) is 11.4. The van der Waals surface area contributed by atoms with Crippen molar-refractivity contribution >= 4 is 5.97 Å². The number of carbonyl (C=O) groups excluding carboxylic acids is 1. The van der Waals surface area contributed by atoms with Crippen LogP contribution in [0.3, 0.4) is 0 Å². The maximum atomic E-state index is 11.4. The van der Waals surface area contributed by atoms with Gasteiger partial charge in [0.15, 0.2) is 0 Å². The molecule has 0 aliphatic carbocycles. The van der Waals surface area contributed by atoms with Gasteiger partial charge >= 0.3 is 5.97 Å². The fourth-order valence-corrected chi connectivity index (χ4v) is 2.24. The molecule has 3 nitrogen and oxygen atoms in total. The summed E-state index contributed by atoms with van der Waals surface area (Å²) in [6.07, 6.45) is 1.95. The highest BCUT2D eigenvalue weighted by Gasteiger charge is 2.44. The zero-order chi connectivity index (χ0) is 8.60. The van der Waals surface area contributed by atoms with Gasteiger partial charge in [-0.1, -0.05) is 6.92 Å². The summed E-state index contributed by atoms with van der Waals surface area (Å²) in [7, 11) is 0. The molecule has 12 heavy (non-hydrogen) atoms. The Kier molecular flexibility index (Phi) is 1.83. The van der Waals surface area contributed by atoms with Gasteiger partial charge in [0.2, 0.25) is 0 Å². The van der Waals surface area contributed by atoms with Gasteiger partial charge in [0.25, 0.3) is 0 Å². The van der Waals surface area contributed by atoms with E-state index >= 15 is 0 Å². The molecular weight excluding hydrogens is 154 g/mol. The first-order chi connectivity index (χ1) is 5.72. The fraction of sp³-hybridized carbons (Fsp3) is 0.889. The monoisotopic (exact) mass is 169 g/mol. The molecule has 0 radical (unpaired) electrons. The lowest BCUT2D eigenvalue weighted by Gasteiger charge is -2.43. The molecule has 2 heterocycles. The number of hydrogen-bond donors (Lipinski definition) is 1. The molecule has 68 valence electrons. The van der Waals surface area contributed by atoms with Gasteiger partial charge in [-0.25, -0.2) is 0 Å². The molecule has 2 fully saturated rings. The average Bonchev–Trinajstić information content (AvgIpc) is 2.04. The van der Waals surface area contributed by atoms with Crippen LogP contribution in [0.5, 0.6) is 0 Å². The second-order valence-corrected chi connectivity index (χ2v) is 4.09. The van der Waals surface area contributed by atoms with Crippen LogP contribution in [0.2, 0.25) is 0 Å². The van der Waals surface area contributed by atoms with Crippen LogP contribution >= 0.6 is 0 Å². The van der Waals surface area contributed by atoms with Crippen molar-refractivity contribution in [2.75, 3.05) is 19.7 Å². The highest BCUT2D eigenvalue weighted by atomic mass is 16.5. The molecule has 0 saturated carbocycles. The number of rotatable bonds is 0. The summed E-state index contributed by atoms with van der Waals surface area (Å²) in [6, 6.07) is 0. The maximum Gasteiger partial charge on any atom is 0.309 e. The number of carbonyl (C=O) groups is 1. The molecule has 0 bridgehead atoms. The Morgan fingerprint density at radius 3 is 3.25 bits per heavy atom. The van der Waals surface area contributed by atoms with Gasteiger partial charge in [0, 0.05) is 6.54 Å². The summed E-state index contributed by atoms with van der Waals surface area (Å²) in [5, 5.41) is 3.34. The summed E-state index contributed by atoms with van der Waals surface area (Å²) >= 11 is 0. The van der Waals surface area contributed by atoms with Crippen molar-refractivity contribution < 1.29 is 9.53 Å². The first-order valence-corrected chi connectivity index (χ1v) is 4.60. The molecule has 1 N–H and O–H groups in total. The van der Waals surface area contributed by atoms with Gasteiger partial charge < -0.3 is 10.1 Å². The van der Waals surface area contributed by atoms with Crippen molar-refractivity contribution in [3.8, 4) is 0 Å². The molecule has 2 atom stereocenters. The van der Waals surface area contributed by atoms with Gasteiger partial charge in [-0.2, -0.15) is 0 Å². The van der Waals surface area contributed by atoms with Crippen LogP contribution in [0.25, 0.3) is 0 Å². The van der Waals surface area contributed by atoms with Crippen LogP contribution in [0, 0.1) is 11.3 Å². The van der Waals surface area contributed by atoms with E-state index < -0.39 is 0 Å². The van der Waals surface area contributed by atoms with E-state index in [1.165, 1.54) is 0 Å². The van der Waals surface area contributed by atoms with Crippen molar-refractivity contribution in [3.05, 3.63) is 0 Å². The second kappa shape index (κ2) is 2.73. The van der Waals surface area contributed by atoms with Gasteiger partial charge in [0.1, 0.15) is 0 Å². The Hall–Kier alpha value is -0.570. The minimum Gasteiger partial charge on any atom is -0.465 e. The van der Waals surface area contributed by atoms with Crippen molar-refractivity contribution in [2.45, 2.75) is 19.8 Å². The third kappa shape index (κ3) is 1.12. The number of esters is 1. The smallest absolute Gasteiger partial charge is 0.309 e. The van der Waals surface area contributed by atoms with Crippen LogP contribution in [0.15, 0.2) is 0 Å². The predicted octanol–water partition coefficient (Wildman–Crippen LogP) is 0.549. The first-order valence-electron chi connectivity index (χ1n) is 4.60. The largest absolute Gasteiger partial charge is 0.465 e. The van der Waals surface area contributed by atoms with E-state index in [0.29, 0.717) is 6.61 Å². The summed E-state index contributed by atoms with van der Waals surface area (Å²) < 4.78 is 5.05. The molecule has 2 rings (SSSR count). The quantitative estimate of drug-likeness (QED) is 0.538. The molecule has 2 saturated heterocycles. The van der Waals surface area contributed by atoms with E-state index in [4.69, 9.17) is 4.74 Å². The van der Waals surface area contributed by atoms with E-state index in [9.17, 15) is 4.79 Å². The number of cyclic esters (lactones) is 1. The standard InChI is InChI=1S/C9H15NO2/c1-9-3-5-12-8(11)7(9)2-4-10-6-9/h7,10H,2-6H2,1H3. The predicted molar refractivity (Wildman–Crippen MR) is 44.7 cm³/mol. The molecule has 0 spiro atoms. The second-order valence-electron chi connectivity index (χ2n) is 4.09. The lowest BCUT2D eigenvalue weighted by atomic mass is 9.70. The van der Waals surface area contributed by atoms with E-state index in [-0.39, 0.29) is 17.3 Å². The van der Waals surface area contributed by atoms with E-state index in [0.717, 1.165) is 25.9 Å². The molecule has 0 aromatic heterocycles. The van der Waals surface area contributed by atoms with Crippen molar-refractivity contribution in [3.63, 3.8) is 0 Å². The van der Waals surface area contributed by atoms with Crippen LogP contribution < -0.4 is 5.32 Å². The van der Waals surface area contributed by atoms with Gasteiger partial charge in [-0.05, 0) is 24.8 Å². The van der Waals surface area contributed by atoms with Gasteiger partial charge in [-0.15, -0.1) is 0 Å². The van der Waals surface area contributed by atoms with Crippen molar-refractivity contribution in [2.24, 2.45) is 11.3 Å². The minimum atomic E-state index is 0.0188. The molecule has 0 amide bonds. The Balaban J connectivity index is 2.18. The first kappa shape index (κ1) is 8.05. The van der Waals surface area contributed by atoms with Crippen LogP contribution in [-0.4, -0.2) is 25.7 Å². The number of hydrogen-bond acceptors (Lipinski definition) is 3. The number of nitrogens with one attached hydrogen (secondary N) is 1. The van der Waals surface area contributed by atoms with Gasteiger partial charge in [-0.3, -0.25) is 4.79 Å². The van der Waals surface area contributed by atoms with Crippen LogP contribution in [-0.2, 0) is 9.53 Å². The molecule has 2 aliphatic heterocycles. The van der Waals surface area contributed by atoms with E-state index in [1.807, 2.05) is 0 Å².